The summed E-state index contributed by atoms with van der Waals surface area (Å²) in [7, 11) is -1.42. The van der Waals surface area contributed by atoms with Gasteiger partial charge in [0.2, 0.25) is 0 Å². The molecule has 2 rings (SSSR count). The van der Waals surface area contributed by atoms with E-state index in [-0.39, 0.29) is 6.04 Å². The maximum atomic E-state index is 10.7. The topological polar surface area (TPSA) is 23.5 Å². The van der Waals surface area contributed by atoms with Crippen LogP contribution in [-0.2, 0) is 6.54 Å². The normalized spacial score (nSPS) is 17.9. The lowest BCUT2D eigenvalue weighted by Crippen LogP contribution is -2.38. The summed E-state index contributed by atoms with van der Waals surface area (Å²) in [4.78, 5) is 0. The molecule has 0 aromatic heterocycles. The first kappa shape index (κ1) is 17.3. The third-order valence-electron chi connectivity index (χ3n) is 4.20. The van der Waals surface area contributed by atoms with Crippen LogP contribution >= 0.6 is 0 Å². The van der Waals surface area contributed by atoms with Gasteiger partial charge < -0.3 is 5.21 Å². The molecule has 1 N–H and O–H groups in total. The first-order valence-corrected chi connectivity index (χ1v) is 12.0. The van der Waals surface area contributed by atoms with E-state index in [1.54, 1.807) is 0 Å². The largest absolute Gasteiger partial charge is 0.312 e. The number of hydrogen-bond acceptors (Lipinski definition) is 2. The molecule has 0 spiro atoms. The van der Waals surface area contributed by atoms with Crippen LogP contribution in [0.25, 0.3) is 0 Å². The molecule has 120 valence electrons. The van der Waals surface area contributed by atoms with Crippen molar-refractivity contribution in [3.05, 3.63) is 35.9 Å². The highest BCUT2D eigenvalue weighted by atomic mass is 28.3. The van der Waals surface area contributed by atoms with Crippen LogP contribution < -0.4 is 0 Å². The molecule has 1 fully saturated rings. The SMILES string of the molecule is C[Si](C)(C)C#CC(C1CCCCC1)N(O)Cc1ccccc1. The fourth-order valence-electron chi connectivity index (χ4n) is 3.04. The number of benzene rings is 1. The molecule has 1 aromatic carbocycles. The minimum absolute atomic E-state index is 0.0211. The summed E-state index contributed by atoms with van der Waals surface area (Å²) >= 11 is 0. The highest BCUT2D eigenvalue weighted by Crippen LogP contribution is 2.29. The zero-order chi connectivity index (χ0) is 16.0. The summed E-state index contributed by atoms with van der Waals surface area (Å²) in [5, 5.41) is 12.1. The third kappa shape index (κ3) is 5.60. The van der Waals surface area contributed by atoms with Crippen molar-refractivity contribution in [3.8, 4) is 11.5 Å². The Labute approximate surface area is 136 Å². The standard InChI is InChI=1S/C19H29NOSi/c1-22(2,3)15-14-19(18-12-8-5-9-13-18)20(21)16-17-10-6-4-7-11-17/h4,6-7,10-11,18-19,21H,5,8-9,12-13,16H2,1-3H3. The van der Waals surface area contributed by atoms with Gasteiger partial charge in [0, 0.05) is 0 Å². The maximum Gasteiger partial charge on any atom is 0.129 e. The van der Waals surface area contributed by atoms with Crippen molar-refractivity contribution in [3.63, 3.8) is 0 Å². The second-order valence-electron chi connectivity index (χ2n) is 7.45. The number of hydroxylamine groups is 2. The van der Waals surface area contributed by atoms with Crippen LogP contribution in [0, 0.1) is 17.4 Å². The molecule has 3 heteroatoms. The highest BCUT2D eigenvalue weighted by Gasteiger charge is 2.27. The molecular weight excluding hydrogens is 286 g/mol. The van der Waals surface area contributed by atoms with Crippen LogP contribution in [0.4, 0.5) is 0 Å². The van der Waals surface area contributed by atoms with E-state index < -0.39 is 8.07 Å². The Morgan fingerprint density at radius 2 is 1.77 bits per heavy atom. The smallest absolute Gasteiger partial charge is 0.129 e. The van der Waals surface area contributed by atoms with E-state index in [1.165, 1.54) is 37.2 Å². The predicted octanol–water partition coefficient (Wildman–Crippen LogP) is 4.71. The van der Waals surface area contributed by atoms with Gasteiger partial charge in [-0.15, -0.1) is 5.54 Å². The summed E-state index contributed by atoms with van der Waals surface area (Å²) in [5.41, 5.74) is 4.61. The second-order valence-corrected chi connectivity index (χ2v) is 12.2. The second kappa shape index (κ2) is 7.96. The van der Waals surface area contributed by atoms with E-state index in [0.717, 1.165) is 5.56 Å². The Balaban J connectivity index is 2.12. The monoisotopic (exact) mass is 315 g/mol. The van der Waals surface area contributed by atoms with Crippen molar-refractivity contribution in [2.45, 2.75) is 64.3 Å². The average molecular weight is 316 g/mol. The molecule has 0 radical (unpaired) electrons. The molecule has 1 saturated carbocycles. The predicted molar refractivity (Wildman–Crippen MR) is 95.3 cm³/mol. The van der Waals surface area contributed by atoms with Crippen LogP contribution in [0.3, 0.4) is 0 Å². The van der Waals surface area contributed by atoms with E-state index in [9.17, 15) is 5.21 Å². The van der Waals surface area contributed by atoms with Gasteiger partial charge >= 0.3 is 0 Å². The van der Waals surface area contributed by atoms with Gasteiger partial charge in [0.05, 0.1) is 12.6 Å². The van der Waals surface area contributed by atoms with Gasteiger partial charge in [-0.2, -0.15) is 5.06 Å². The van der Waals surface area contributed by atoms with Crippen LogP contribution in [0.1, 0.15) is 37.7 Å². The van der Waals surface area contributed by atoms with Gasteiger partial charge in [-0.3, -0.25) is 0 Å². The summed E-state index contributed by atoms with van der Waals surface area (Å²) in [5.74, 6) is 3.94. The summed E-state index contributed by atoms with van der Waals surface area (Å²) in [6.07, 6.45) is 6.26. The maximum absolute atomic E-state index is 10.7. The molecule has 0 heterocycles. The molecular formula is C19H29NOSi. The minimum Gasteiger partial charge on any atom is -0.312 e. The Bertz CT molecular complexity index is 506. The molecule has 2 nitrogen and oxygen atoms in total. The van der Waals surface area contributed by atoms with Gasteiger partial charge in [0.25, 0.3) is 0 Å². The first-order chi connectivity index (χ1) is 10.5. The van der Waals surface area contributed by atoms with Gasteiger partial charge in [-0.05, 0) is 24.3 Å². The van der Waals surface area contributed by atoms with E-state index in [2.05, 4.69) is 43.2 Å². The molecule has 1 unspecified atom stereocenters. The quantitative estimate of drug-likeness (QED) is 0.494. The van der Waals surface area contributed by atoms with E-state index in [1.807, 2.05) is 18.2 Å². The van der Waals surface area contributed by atoms with E-state index in [0.29, 0.717) is 12.5 Å². The summed E-state index contributed by atoms with van der Waals surface area (Å²) in [6.45, 7) is 7.34. The van der Waals surface area contributed by atoms with Crippen molar-refractivity contribution in [2.75, 3.05) is 0 Å². The Hall–Kier alpha value is -1.08. The van der Waals surface area contributed by atoms with Gasteiger partial charge in [0.1, 0.15) is 8.07 Å². The summed E-state index contributed by atoms with van der Waals surface area (Å²) < 4.78 is 0. The molecule has 1 atom stereocenters. The molecule has 1 aliphatic carbocycles. The van der Waals surface area contributed by atoms with E-state index >= 15 is 0 Å². The van der Waals surface area contributed by atoms with E-state index in [4.69, 9.17) is 0 Å². The lowest BCUT2D eigenvalue weighted by molar-refractivity contribution is -0.135. The minimum atomic E-state index is -1.42. The zero-order valence-electron chi connectivity index (χ0n) is 14.2. The molecule has 0 amide bonds. The van der Waals surface area contributed by atoms with Crippen molar-refractivity contribution in [1.29, 1.82) is 0 Å². The Morgan fingerprint density at radius 1 is 1.14 bits per heavy atom. The van der Waals surface area contributed by atoms with Crippen LogP contribution in [0.2, 0.25) is 19.6 Å². The van der Waals surface area contributed by atoms with Crippen molar-refractivity contribution in [2.24, 2.45) is 5.92 Å². The fraction of sp³-hybridized carbons (Fsp3) is 0.579. The lowest BCUT2D eigenvalue weighted by Gasteiger charge is -2.32. The fourth-order valence-corrected chi connectivity index (χ4v) is 3.63. The van der Waals surface area contributed by atoms with Crippen molar-refractivity contribution < 1.29 is 5.21 Å². The van der Waals surface area contributed by atoms with Gasteiger partial charge in [0.15, 0.2) is 0 Å². The van der Waals surface area contributed by atoms with Gasteiger partial charge in [-0.1, -0.05) is 75.2 Å². The first-order valence-electron chi connectivity index (χ1n) is 8.48. The van der Waals surface area contributed by atoms with Gasteiger partial charge in [-0.25, -0.2) is 0 Å². The van der Waals surface area contributed by atoms with Crippen LogP contribution in [0.15, 0.2) is 30.3 Å². The highest BCUT2D eigenvalue weighted by molar-refractivity contribution is 6.83. The molecule has 22 heavy (non-hydrogen) atoms. The van der Waals surface area contributed by atoms with Crippen LogP contribution in [-0.4, -0.2) is 24.4 Å². The lowest BCUT2D eigenvalue weighted by atomic mass is 9.84. The number of hydrogen-bond donors (Lipinski definition) is 1. The zero-order valence-corrected chi connectivity index (χ0v) is 15.2. The summed E-state index contributed by atoms with van der Waals surface area (Å²) in [6, 6.07) is 10.2. The Kier molecular flexibility index (Phi) is 6.25. The van der Waals surface area contributed by atoms with Crippen molar-refractivity contribution >= 4 is 8.07 Å². The molecule has 1 aliphatic rings. The number of nitrogens with zero attached hydrogens (tertiary/aromatic N) is 1. The van der Waals surface area contributed by atoms with Crippen LogP contribution in [0.5, 0.6) is 0 Å². The average Bonchev–Trinajstić information content (AvgIpc) is 2.48. The molecule has 0 saturated heterocycles. The molecule has 0 aliphatic heterocycles. The van der Waals surface area contributed by atoms with Crippen molar-refractivity contribution in [1.82, 2.24) is 5.06 Å². The molecule has 1 aromatic rings. The Morgan fingerprint density at radius 3 is 2.36 bits per heavy atom. The third-order valence-corrected chi connectivity index (χ3v) is 5.09. The number of rotatable bonds is 4. The molecule has 0 bridgehead atoms.